The standard InChI is InChI=1S/C27H27FN4O2.C27H28N4O3.C26H26N4O2.CH4/c1-18-5-8-23-20(12-18)14-21-4-3-11-32-26(30-34-27(21,23)32)10-7-19-6-9-24(25(13-19)33-2)31-16-22(15-28)29-17-31;1-18-5-8-23-20(12-18)14-21-4-3-11-31-26(29-34-27(21,23)31)10-7-19-6-9-24(25(13-19)33-2)30-15-22(16-32)28-17-30;1-17-5-8-22-20(12-17)14-21-4-3-11-30-25(28-32-26(21,22)30)10-7-19-6-9-23(24(31)13-19)29-15-18(2)27-16-29;/h5-10,12-13,16-17,21H,3-4,11,14-15H2,1-2H3;5-10,12-13,15,17,21,32H,3-4,11,14,16H2,1-2H3;5-10,12-13,15-16,21,31H,3-4,11,14H2,1-2H3;1H4/b3*10-7+;/t2*21-,27+;21-,26+;/m000./s1. The lowest BCUT2D eigenvalue weighted by atomic mass is 9.86. The number of rotatable bonds is 13. The summed E-state index contributed by atoms with van der Waals surface area (Å²) in [6.45, 7) is 10.5. The molecule has 6 aromatic carbocycles. The molecule has 0 amide bonds. The maximum Gasteiger partial charge on any atom is 0.240 e. The molecule has 2 N–H and O–H groups in total. The van der Waals surface area contributed by atoms with Crippen LogP contribution in [0.2, 0.25) is 0 Å². The monoisotopic (exact) mass is 1360 g/mol. The average Bonchev–Trinajstić information content (AvgIpc) is 1.57. The molecule has 6 atom stereocenters. The van der Waals surface area contributed by atoms with E-state index in [-0.39, 0.29) is 19.8 Å². The molecule has 9 aliphatic rings. The molecule has 518 valence electrons. The zero-order valence-electron chi connectivity index (χ0n) is 57.1. The number of aliphatic hydroxyl groups excluding tert-OH is 1. The third-order valence-electron chi connectivity index (χ3n) is 21.5. The first-order chi connectivity index (χ1) is 48.8. The number of phenols is 1. The first-order valence-corrected chi connectivity index (χ1v) is 34.7. The Balaban J connectivity index is 0.000000122. The number of aromatic hydroxyl groups is 1. The van der Waals surface area contributed by atoms with Crippen molar-refractivity contribution in [3.05, 3.63) is 249 Å². The summed E-state index contributed by atoms with van der Waals surface area (Å²) >= 11 is 0. The molecule has 101 heavy (non-hydrogen) atoms. The molecule has 20 heteroatoms. The number of aromatic nitrogens is 6. The average molecular weight is 1360 g/mol. The minimum absolute atomic E-state index is 0. The zero-order valence-corrected chi connectivity index (χ0v) is 57.1. The minimum Gasteiger partial charge on any atom is -0.506 e. The highest BCUT2D eigenvalue weighted by molar-refractivity contribution is 5.99. The zero-order chi connectivity index (χ0) is 68.4. The molecule has 3 aromatic heterocycles. The van der Waals surface area contributed by atoms with E-state index in [0.29, 0.717) is 40.6 Å². The molecule has 18 rings (SSSR count). The largest absolute Gasteiger partial charge is 0.506 e. The SMILES string of the molecule is C.COc1cc(/C=C/C2=NO[C@@]34c5ccc(C)cc5C[C@@H]3CCCN24)ccc1-n1cnc(CF)c1.COc1cc(/C=C/C2=NO[C@@]34c5ccc(C)cc5C[C@@H]3CCCN24)ccc1-n1cnc(CO)c1.Cc1ccc2c(c1)C[C@@H]1CCCN3C(/C=C/c4ccc(-n5cnc(C)c5)c(O)c4)=NO[C@@]213. The van der Waals surface area contributed by atoms with Gasteiger partial charge in [0.05, 0.1) is 74.0 Å². The van der Waals surface area contributed by atoms with Crippen LogP contribution in [0.25, 0.3) is 35.3 Å². The van der Waals surface area contributed by atoms with Gasteiger partial charge in [-0.1, -0.05) is 131 Å². The van der Waals surface area contributed by atoms with Crippen LogP contribution in [0.15, 0.2) is 180 Å². The fraction of sp³-hybridized carbons (Fsp3) is 0.333. The van der Waals surface area contributed by atoms with Crippen LogP contribution in [0, 0.1) is 45.4 Å². The highest BCUT2D eigenvalue weighted by Crippen LogP contribution is 2.57. The number of amidine groups is 3. The van der Waals surface area contributed by atoms with Gasteiger partial charge in [0.15, 0.2) is 17.5 Å². The van der Waals surface area contributed by atoms with Gasteiger partial charge in [0.25, 0.3) is 0 Å². The predicted octanol–water partition coefficient (Wildman–Crippen LogP) is 14.6. The second-order valence-corrected chi connectivity index (χ2v) is 27.6. The van der Waals surface area contributed by atoms with E-state index in [1.807, 2.05) is 101 Å². The lowest BCUT2D eigenvalue weighted by molar-refractivity contribution is -0.155. The van der Waals surface area contributed by atoms with Gasteiger partial charge in [0, 0.05) is 72.7 Å². The van der Waals surface area contributed by atoms with Crippen LogP contribution in [0.3, 0.4) is 0 Å². The van der Waals surface area contributed by atoms with E-state index in [0.717, 1.165) is 134 Å². The third-order valence-corrected chi connectivity index (χ3v) is 21.5. The Labute approximate surface area is 588 Å². The van der Waals surface area contributed by atoms with Crippen molar-refractivity contribution in [3.8, 4) is 34.3 Å². The van der Waals surface area contributed by atoms with Crippen LogP contribution in [0.1, 0.15) is 130 Å². The summed E-state index contributed by atoms with van der Waals surface area (Å²) < 4.78 is 29.6. The number of methoxy groups -OCH3 is 2. The highest BCUT2D eigenvalue weighted by Gasteiger charge is 2.61. The number of fused-ring (bicyclic) bond motifs is 3. The maximum atomic E-state index is 12.9. The van der Waals surface area contributed by atoms with E-state index in [1.165, 1.54) is 50.1 Å². The topological polar surface area (TPSA) is 187 Å². The molecule has 0 saturated carbocycles. The first-order valence-electron chi connectivity index (χ1n) is 34.7. The van der Waals surface area contributed by atoms with Gasteiger partial charge < -0.3 is 62.6 Å². The summed E-state index contributed by atoms with van der Waals surface area (Å²) in [5.41, 5.74) is 17.6. The normalized spacial score (nSPS) is 22.9. The fourth-order valence-electron chi connectivity index (χ4n) is 16.9. The van der Waals surface area contributed by atoms with E-state index in [9.17, 15) is 14.6 Å². The number of oxime groups is 3. The molecule has 0 radical (unpaired) electrons. The number of hydrogen-bond acceptors (Lipinski definition) is 16. The molecule has 3 fully saturated rings. The van der Waals surface area contributed by atoms with Crippen molar-refractivity contribution in [1.29, 1.82) is 0 Å². The summed E-state index contributed by atoms with van der Waals surface area (Å²) in [7, 11) is 3.28. The van der Waals surface area contributed by atoms with Crippen molar-refractivity contribution < 1.29 is 38.6 Å². The summed E-state index contributed by atoms with van der Waals surface area (Å²) in [4.78, 5) is 38.3. The molecule has 3 aliphatic carbocycles. The lowest BCUT2D eigenvalue weighted by Gasteiger charge is -2.43. The molecule has 3 spiro atoms. The van der Waals surface area contributed by atoms with Gasteiger partial charge in [-0.2, -0.15) is 0 Å². The van der Waals surface area contributed by atoms with Crippen molar-refractivity contribution >= 4 is 35.7 Å². The lowest BCUT2D eigenvalue weighted by Crippen LogP contribution is -2.52. The Kier molecular flexibility index (Phi) is 17.5. The van der Waals surface area contributed by atoms with E-state index in [1.54, 1.807) is 56.2 Å². The molecular formula is C81H85FN12O7. The Morgan fingerprint density at radius 2 is 0.871 bits per heavy atom. The number of imidazole rings is 3. The van der Waals surface area contributed by atoms with E-state index < -0.39 is 23.8 Å². The van der Waals surface area contributed by atoms with Crippen LogP contribution >= 0.6 is 0 Å². The van der Waals surface area contributed by atoms with Crippen LogP contribution < -0.4 is 9.47 Å². The maximum absolute atomic E-state index is 12.9. The van der Waals surface area contributed by atoms with Crippen molar-refractivity contribution in [3.63, 3.8) is 0 Å². The number of benzene rings is 6. The molecule has 9 aromatic rings. The Bertz CT molecular complexity index is 4650. The van der Waals surface area contributed by atoms with Crippen molar-refractivity contribution in [2.24, 2.45) is 33.2 Å². The Morgan fingerprint density at radius 3 is 1.24 bits per heavy atom. The van der Waals surface area contributed by atoms with Gasteiger partial charge in [-0.3, -0.25) is 0 Å². The quantitative estimate of drug-likeness (QED) is 0.111. The summed E-state index contributed by atoms with van der Waals surface area (Å²) in [5, 5.41) is 33.5. The second-order valence-electron chi connectivity index (χ2n) is 27.6. The molecular weight excluding hydrogens is 1270 g/mol. The van der Waals surface area contributed by atoms with Gasteiger partial charge in [0.1, 0.15) is 23.9 Å². The molecule has 9 heterocycles. The second kappa shape index (κ2) is 26.7. The van der Waals surface area contributed by atoms with Crippen molar-refractivity contribution in [1.82, 2.24) is 43.4 Å². The molecule has 19 nitrogen and oxygen atoms in total. The number of alkyl halides is 1. The minimum atomic E-state index is -0.594. The van der Waals surface area contributed by atoms with Crippen LogP contribution in [-0.2, 0) is 64.2 Å². The van der Waals surface area contributed by atoms with Gasteiger partial charge >= 0.3 is 0 Å². The fourth-order valence-corrected chi connectivity index (χ4v) is 16.9. The molecule has 6 aliphatic heterocycles. The van der Waals surface area contributed by atoms with Gasteiger partial charge in [-0.05, 0) is 173 Å². The number of phenolic OH excluding ortho intramolecular Hbond substituents is 1. The smallest absolute Gasteiger partial charge is 0.240 e. The number of piperidine rings is 3. The number of ether oxygens (including phenoxy) is 2. The number of hydrogen-bond donors (Lipinski definition) is 2. The van der Waals surface area contributed by atoms with Crippen molar-refractivity contribution in [2.45, 2.75) is 123 Å². The molecule has 0 bridgehead atoms. The Morgan fingerprint density at radius 1 is 0.485 bits per heavy atom. The summed E-state index contributed by atoms with van der Waals surface area (Å²) in [6, 6.07) is 37.7. The van der Waals surface area contributed by atoms with Crippen LogP contribution in [0.4, 0.5) is 4.39 Å². The Hall–Kier alpha value is -10.7. The first kappa shape index (κ1) is 66.2. The number of nitrogens with zero attached hydrogens (tertiary/aromatic N) is 12. The highest BCUT2D eigenvalue weighted by atomic mass is 19.1. The van der Waals surface area contributed by atoms with Crippen molar-refractivity contribution in [2.75, 3.05) is 33.9 Å². The van der Waals surface area contributed by atoms with Gasteiger partial charge in [0.2, 0.25) is 17.2 Å². The third kappa shape index (κ3) is 11.5. The van der Waals surface area contributed by atoms with Gasteiger partial charge in [-0.25, -0.2) is 19.3 Å². The van der Waals surface area contributed by atoms with Crippen LogP contribution in [-0.4, -0.2) is 105 Å². The number of halogens is 1. The van der Waals surface area contributed by atoms with E-state index in [2.05, 4.69) is 127 Å². The van der Waals surface area contributed by atoms with E-state index in [4.69, 9.17) is 24.0 Å². The van der Waals surface area contributed by atoms with E-state index >= 15 is 0 Å². The molecule has 3 saturated heterocycles. The van der Waals surface area contributed by atoms with Gasteiger partial charge in [-0.15, -0.1) is 0 Å². The summed E-state index contributed by atoms with van der Waals surface area (Å²) in [5.74, 6) is 5.44. The summed E-state index contributed by atoms with van der Waals surface area (Å²) in [6.07, 6.45) is 32.5. The number of aliphatic hydroxyl groups is 1. The van der Waals surface area contributed by atoms with Crippen LogP contribution in [0.5, 0.6) is 17.2 Å². The number of aryl methyl sites for hydroxylation is 4. The molecule has 0 unspecified atom stereocenters. The predicted molar refractivity (Wildman–Crippen MR) is 388 cm³/mol.